The van der Waals surface area contributed by atoms with E-state index in [9.17, 15) is 4.79 Å². The third kappa shape index (κ3) is 4.86. The Morgan fingerprint density at radius 1 is 1.42 bits per heavy atom. The molecule has 2 aromatic rings. The Morgan fingerprint density at radius 3 is 2.96 bits per heavy atom. The van der Waals surface area contributed by atoms with Gasteiger partial charge in [-0.2, -0.15) is 0 Å². The molecule has 1 N–H and O–H groups in total. The SMILES string of the molecule is Cc1cccc(NC(=O)CSc2nnc(C(C)C)n2CC2CCCO2)c1. The fraction of sp³-hybridized carbons (Fsp3) is 0.526. The summed E-state index contributed by atoms with van der Waals surface area (Å²) in [4.78, 5) is 12.3. The van der Waals surface area contributed by atoms with Crippen LogP contribution in [0.4, 0.5) is 5.69 Å². The minimum Gasteiger partial charge on any atom is -0.376 e. The maximum Gasteiger partial charge on any atom is 0.234 e. The normalized spacial score (nSPS) is 17.0. The minimum atomic E-state index is -0.0432. The Balaban J connectivity index is 1.64. The fourth-order valence-corrected chi connectivity index (χ4v) is 3.80. The summed E-state index contributed by atoms with van der Waals surface area (Å²) in [5.74, 6) is 1.48. The second-order valence-corrected chi connectivity index (χ2v) is 7.89. The summed E-state index contributed by atoms with van der Waals surface area (Å²) < 4.78 is 7.88. The second kappa shape index (κ2) is 8.68. The number of aromatic nitrogens is 3. The van der Waals surface area contributed by atoms with E-state index < -0.39 is 0 Å². The number of hydrogen-bond donors (Lipinski definition) is 1. The van der Waals surface area contributed by atoms with Crippen LogP contribution in [0.1, 0.15) is 44.0 Å². The number of carbonyl (C=O) groups is 1. The van der Waals surface area contributed by atoms with Crippen LogP contribution in [0.15, 0.2) is 29.4 Å². The first-order valence-electron chi connectivity index (χ1n) is 9.07. The highest BCUT2D eigenvalue weighted by Gasteiger charge is 2.22. The van der Waals surface area contributed by atoms with Gasteiger partial charge in [-0.15, -0.1) is 10.2 Å². The molecule has 26 heavy (non-hydrogen) atoms. The number of nitrogens with one attached hydrogen (secondary N) is 1. The van der Waals surface area contributed by atoms with Gasteiger partial charge in [0.2, 0.25) is 5.91 Å². The molecule has 140 valence electrons. The topological polar surface area (TPSA) is 69.0 Å². The quantitative estimate of drug-likeness (QED) is 0.750. The molecule has 3 rings (SSSR count). The summed E-state index contributed by atoms with van der Waals surface area (Å²) in [5.41, 5.74) is 1.94. The number of hydrogen-bond acceptors (Lipinski definition) is 5. The van der Waals surface area contributed by atoms with Gasteiger partial charge in [-0.05, 0) is 37.5 Å². The number of thioether (sulfide) groups is 1. The Bertz CT molecular complexity index is 754. The lowest BCUT2D eigenvalue weighted by Gasteiger charge is -2.16. The molecule has 6 nitrogen and oxygen atoms in total. The van der Waals surface area contributed by atoms with Gasteiger partial charge in [0, 0.05) is 18.2 Å². The van der Waals surface area contributed by atoms with E-state index in [4.69, 9.17) is 4.74 Å². The van der Waals surface area contributed by atoms with Gasteiger partial charge in [0.05, 0.1) is 18.4 Å². The molecular weight excluding hydrogens is 348 g/mol. The van der Waals surface area contributed by atoms with E-state index in [1.54, 1.807) is 0 Å². The first kappa shape index (κ1) is 18.9. The molecule has 1 atom stereocenters. The highest BCUT2D eigenvalue weighted by atomic mass is 32.2. The molecule has 0 radical (unpaired) electrons. The predicted octanol–water partition coefficient (Wildman–Crippen LogP) is 3.62. The van der Waals surface area contributed by atoms with Crippen molar-refractivity contribution in [3.05, 3.63) is 35.7 Å². The van der Waals surface area contributed by atoms with Gasteiger partial charge in [-0.3, -0.25) is 4.79 Å². The first-order valence-corrected chi connectivity index (χ1v) is 10.1. The van der Waals surface area contributed by atoms with E-state index in [1.807, 2.05) is 31.2 Å². The number of amides is 1. The molecule has 7 heteroatoms. The van der Waals surface area contributed by atoms with Gasteiger partial charge < -0.3 is 14.6 Å². The Morgan fingerprint density at radius 2 is 2.27 bits per heavy atom. The zero-order valence-electron chi connectivity index (χ0n) is 15.6. The first-order chi connectivity index (χ1) is 12.5. The van der Waals surface area contributed by atoms with Crippen LogP contribution in [-0.2, 0) is 16.1 Å². The van der Waals surface area contributed by atoms with Gasteiger partial charge in [-0.1, -0.05) is 37.7 Å². The largest absolute Gasteiger partial charge is 0.376 e. The molecule has 0 bridgehead atoms. The van der Waals surface area contributed by atoms with Crippen LogP contribution < -0.4 is 5.32 Å². The lowest BCUT2D eigenvalue weighted by molar-refractivity contribution is -0.113. The van der Waals surface area contributed by atoms with Crippen molar-refractivity contribution in [1.29, 1.82) is 0 Å². The van der Waals surface area contributed by atoms with Gasteiger partial charge in [0.1, 0.15) is 5.82 Å². The van der Waals surface area contributed by atoms with Crippen molar-refractivity contribution in [2.45, 2.75) is 57.3 Å². The summed E-state index contributed by atoms with van der Waals surface area (Å²) in [7, 11) is 0. The van der Waals surface area contributed by atoms with Crippen LogP contribution in [0.25, 0.3) is 0 Å². The van der Waals surface area contributed by atoms with Crippen LogP contribution in [0.5, 0.6) is 0 Å². The molecule has 1 unspecified atom stereocenters. The number of ether oxygens (including phenoxy) is 1. The van der Waals surface area contributed by atoms with E-state index in [0.717, 1.165) is 48.2 Å². The number of nitrogens with zero attached hydrogens (tertiary/aromatic N) is 3. The van der Waals surface area contributed by atoms with E-state index in [2.05, 4.69) is 33.9 Å². The van der Waals surface area contributed by atoms with Crippen molar-refractivity contribution in [3.63, 3.8) is 0 Å². The summed E-state index contributed by atoms with van der Waals surface area (Å²) >= 11 is 1.42. The van der Waals surface area contributed by atoms with Crippen LogP contribution in [0.3, 0.4) is 0 Å². The number of carbonyl (C=O) groups excluding carboxylic acids is 1. The number of benzene rings is 1. The van der Waals surface area contributed by atoms with Gasteiger partial charge in [0.25, 0.3) is 0 Å². The number of rotatable bonds is 7. The average Bonchev–Trinajstić information content (AvgIpc) is 3.23. The molecule has 1 amide bonds. The molecular formula is C19H26N4O2S. The molecule has 0 saturated carbocycles. The fourth-order valence-electron chi connectivity index (χ4n) is 3.05. The maximum atomic E-state index is 12.3. The van der Waals surface area contributed by atoms with Crippen LogP contribution in [-0.4, -0.2) is 39.1 Å². The van der Waals surface area contributed by atoms with Crippen LogP contribution in [0.2, 0.25) is 0 Å². The maximum absolute atomic E-state index is 12.3. The van der Waals surface area contributed by atoms with Crippen molar-refractivity contribution in [2.24, 2.45) is 0 Å². The van der Waals surface area contributed by atoms with Crippen LogP contribution in [0, 0.1) is 6.92 Å². The van der Waals surface area contributed by atoms with Crippen molar-refractivity contribution in [3.8, 4) is 0 Å². The average molecular weight is 375 g/mol. The van der Waals surface area contributed by atoms with E-state index >= 15 is 0 Å². The lowest BCUT2D eigenvalue weighted by Crippen LogP contribution is -2.19. The summed E-state index contributed by atoms with van der Waals surface area (Å²) in [6, 6.07) is 7.79. The highest BCUT2D eigenvalue weighted by molar-refractivity contribution is 7.99. The van der Waals surface area contributed by atoms with E-state index in [1.165, 1.54) is 11.8 Å². The molecule has 0 spiro atoms. The monoisotopic (exact) mass is 374 g/mol. The standard InChI is InChI=1S/C19H26N4O2S/c1-13(2)18-21-22-19(23(18)11-16-8-5-9-25-16)26-12-17(24)20-15-7-4-6-14(3)10-15/h4,6-7,10,13,16H,5,8-9,11-12H2,1-3H3,(H,20,24). The summed E-state index contributed by atoms with van der Waals surface area (Å²) in [5, 5.41) is 12.4. The molecule has 1 aromatic carbocycles. The zero-order chi connectivity index (χ0) is 18.5. The third-order valence-electron chi connectivity index (χ3n) is 4.31. The molecule has 1 aliphatic rings. The minimum absolute atomic E-state index is 0.0432. The molecule has 1 saturated heterocycles. The highest BCUT2D eigenvalue weighted by Crippen LogP contribution is 2.24. The molecule has 1 aromatic heterocycles. The Hall–Kier alpha value is -1.86. The smallest absolute Gasteiger partial charge is 0.234 e. The Labute approximate surface area is 158 Å². The number of anilines is 1. The second-order valence-electron chi connectivity index (χ2n) is 6.95. The van der Waals surface area contributed by atoms with E-state index in [0.29, 0.717) is 5.75 Å². The number of aryl methyl sites for hydroxylation is 1. The van der Waals surface area contributed by atoms with Gasteiger partial charge in [-0.25, -0.2) is 0 Å². The third-order valence-corrected chi connectivity index (χ3v) is 5.27. The predicted molar refractivity (Wildman–Crippen MR) is 104 cm³/mol. The van der Waals surface area contributed by atoms with Crippen molar-refractivity contribution >= 4 is 23.4 Å². The van der Waals surface area contributed by atoms with Gasteiger partial charge >= 0.3 is 0 Å². The molecule has 0 aliphatic carbocycles. The molecule has 1 fully saturated rings. The Kier molecular flexibility index (Phi) is 6.32. The van der Waals surface area contributed by atoms with Crippen molar-refractivity contribution in [2.75, 3.05) is 17.7 Å². The van der Waals surface area contributed by atoms with Crippen LogP contribution >= 0.6 is 11.8 Å². The molecule has 1 aliphatic heterocycles. The zero-order valence-corrected chi connectivity index (χ0v) is 16.4. The molecule has 2 heterocycles. The van der Waals surface area contributed by atoms with Crippen molar-refractivity contribution < 1.29 is 9.53 Å². The van der Waals surface area contributed by atoms with Crippen molar-refractivity contribution in [1.82, 2.24) is 14.8 Å². The van der Waals surface area contributed by atoms with Gasteiger partial charge in [0.15, 0.2) is 5.16 Å². The van der Waals surface area contributed by atoms with E-state index in [-0.39, 0.29) is 17.9 Å². The summed E-state index contributed by atoms with van der Waals surface area (Å²) in [6.45, 7) is 7.79. The summed E-state index contributed by atoms with van der Waals surface area (Å²) in [6.07, 6.45) is 2.38. The lowest BCUT2D eigenvalue weighted by atomic mass is 10.2.